The summed E-state index contributed by atoms with van der Waals surface area (Å²) < 4.78 is 58.1. The molecule has 3 aromatic rings. The number of esters is 1. The van der Waals surface area contributed by atoms with E-state index in [2.05, 4.69) is 6.92 Å². The summed E-state index contributed by atoms with van der Waals surface area (Å²) in [7, 11) is 0. The maximum Gasteiger partial charge on any atom is 0.398 e. The van der Waals surface area contributed by atoms with Crippen LogP contribution in [0.3, 0.4) is 0 Å². The maximum absolute atomic E-state index is 13.8. The van der Waals surface area contributed by atoms with Crippen LogP contribution in [0.25, 0.3) is 22.3 Å². The molecule has 0 fully saturated rings. The third-order valence-electron chi connectivity index (χ3n) is 7.25. The lowest BCUT2D eigenvalue weighted by molar-refractivity contribution is -0.200. The largest absolute Gasteiger partial charge is 0.493 e. The summed E-state index contributed by atoms with van der Waals surface area (Å²) in [5, 5.41) is 0.803. The van der Waals surface area contributed by atoms with Crippen molar-refractivity contribution in [2.24, 2.45) is 22.8 Å². The number of ether oxygens (including phenoxy) is 2. The van der Waals surface area contributed by atoms with E-state index in [1.54, 1.807) is 52.8 Å². The topological polar surface area (TPSA) is 101 Å². The van der Waals surface area contributed by atoms with Gasteiger partial charge in [-0.3, -0.25) is 4.79 Å². The van der Waals surface area contributed by atoms with Crippen molar-refractivity contribution in [3.63, 3.8) is 0 Å². The molecule has 0 saturated heterocycles. The predicted octanol–water partition coefficient (Wildman–Crippen LogP) is 6.63. The number of hydrogen-bond acceptors (Lipinski definition) is 6. The maximum atomic E-state index is 13.8. The molecule has 214 valence electrons. The van der Waals surface area contributed by atoms with Crippen LogP contribution < -0.4 is 16.2 Å². The van der Waals surface area contributed by atoms with Gasteiger partial charge >= 0.3 is 12.1 Å². The Morgan fingerprint density at radius 1 is 0.974 bits per heavy atom. The molecule has 3 rings (SSSR count). The SMILES string of the molecule is CCc1ccccc1-c1cc2ccc(OCC(COC(=O)C(C)(C)C(C)(N)CC(C)(C)N)C(F)(F)F)cc2o1. The minimum atomic E-state index is -4.65. The van der Waals surface area contributed by atoms with E-state index in [0.717, 1.165) is 22.9 Å². The van der Waals surface area contributed by atoms with Gasteiger partial charge < -0.3 is 25.4 Å². The van der Waals surface area contributed by atoms with Gasteiger partial charge in [0.2, 0.25) is 0 Å². The molecule has 2 aromatic carbocycles. The molecule has 1 heterocycles. The standard InChI is InChI=1S/C30H39F3N2O4/c1-7-19-10-8-9-11-23(19)25-14-20-12-13-22(15-24(20)39-25)37-16-21(30(31,32)33)17-38-26(36)28(4,5)29(6,35)18-27(2,3)34/h8-15,21H,7,16-18,34-35H2,1-6H3. The molecule has 1 aromatic heterocycles. The highest BCUT2D eigenvalue weighted by Gasteiger charge is 2.48. The van der Waals surface area contributed by atoms with E-state index in [-0.39, 0.29) is 12.2 Å². The molecule has 0 aliphatic heterocycles. The molecule has 0 saturated carbocycles. The summed E-state index contributed by atoms with van der Waals surface area (Å²) in [4.78, 5) is 12.9. The second kappa shape index (κ2) is 11.2. The Hall–Kier alpha value is -3.04. The highest BCUT2D eigenvalue weighted by molar-refractivity contribution is 5.84. The lowest BCUT2D eigenvalue weighted by Crippen LogP contribution is -2.59. The molecule has 2 atom stereocenters. The zero-order valence-corrected chi connectivity index (χ0v) is 23.4. The smallest absolute Gasteiger partial charge is 0.398 e. The first-order valence-electron chi connectivity index (χ1n) is 13.0. The Kier molecular flexibility index (Phi) is 8.77. The van der Waals surface area contributed by atoms with Crippen molar-refractivity contribution in [2.45, 2.75) is 71.6 Å². The predicted molar refractivity (Wildman–Crippen MR) is 146 cm³/mol. The van der Waals surface area contributed by atoms with Crippen molar-refractivity contribution in [3.8, 4) is 17.1 Å². The number of halogens is 3. The van der Waals surface area contributed by atoms with E-state index < -0.39 is 47.8 Å². The minimum Gasteiger partial charge on any atom is -0.493 e. The van der Waals surface area contributed by atoms with Crippen molar-refractivity contribution in [1.82, 2.24) is 0 Å². The van der Waals surface area contributed by atoms with Gasteiger partial charge in [0.15, 0.2) is 0 Å². The monoisotopic (exact) mass is 548 g/mol. The highest BCUT2D eigenvalue weighted by Crippen LogP contribution is 2.37. The van der Waals surface area contributed by atoms with Crippen LogP contribution in [-0.4, -0.2) is 36.4 Å². The summed E-state index contributed by atoms with van der Waals surface area (Å²) in [5.74, 6) is -1.98. The fourth-order valence-corrected chi connectivity index (χ4v) is 4.49. The van der Waals surface area contributed by atoms with E-state index in [1.165, 1.54) is 0 Å². The Morgan fingerprint density at radius 2 is 1.64 bits per heavy atom. The van der Waals surface area contributed by atoms with Crippen molar-refractivity contribution in [2.75, 3.05) is 13.2 Å². The van der Waals surface area contributed by atoms with Gasteiger partial charge in [0, 0.05) is 28.1 Å². The number of benzene rings is 2. The molecular formula is C30H39F3N2O4. The molecule has 2 unspecified atom stereocenters. The number of furan rings is 1. The van der Waals surface area contributed by atoms with Gasteiger partial charge in [0.25, 0.3) is 0 Å². The molecule has 0 bridgehead atoms. The fraction of sp³-hybridized carbons (Fsp3) is 0.500. The van der Waals surface area contributed by atoms with E-state index in [1.807, 2.05) is 30.3 Å². The Bertz CT molecular complexity index is 1290. The van der Waals surface area contributed by atoms with Crippen molar-refractivity contribution < 1.29 is 31.9 Å². The molecule has 0 amide bonds. The van der Waals surface area contributed by atoms with Gasteiger partial charge in [-0.1, -0.05) is 31.2 Å². The fourth-order valence-electron chi connectivity index (χ4n) is 4.49. The summed E-state index contributed by atoms with van der Waals surface area (Å²) in [6.07, 6.45) is -3.56. The van der Waals surface area contributed by atoms with Crippen LogP contribution in [0, 0.1) is 11.3 Å². The highest BCUT2D eigenvalue weighted by atomic mass is 19.4. The van der Waals surface area contributed by atoms with Gasteiger partial charge in [-0.2, -0.15) is 13.2 Å². The van der Waals surface area contributed by atoms with Crippen LogP contribution in [0.2, 0.25) is 0 Å². The number of fused-ring (bicyclic) bond motifs is 1. The Morgan fingerprint density at radius 3 is 2.26 bits per heavy atom. The quantitative estimate of drug-likeness (QED) is 0.261. The lowest BCUT2D eigenvalue weighted by Gasteiger charge is -2.42. The number of carbonyl (C=O) groups is 1. The molecule has 0 spiro atoms. The summed E-state index contributed by atoms with van der Waals surface area (Å²) in [6, 6.07) is 14.7. The van der Waals surface area contributed by atoms with Crippen LogP contribution in [0.5, 0.6) is 5.75 Å². The van der Waals surface area contributed by atoms with Gasteiger partial charge in [0.05, 0.1) is 5.41 Å². The summed E-state index contributed by atoms with van der Waals surface area (Å²) >= 11 is 0. The molecule has 6 nitrogen and oxygen atoms in total. The van der Waals surface area contributed by atoms with Gasteiger partial charge in [-0.15, -0.1) is 0 Å². The molecule has 0 aliphatic carbocycles. The van der Waals surface area contributed by atoms with Gasteiger partial charge in [-0.25, -0.2) is 0 Å². The zero-order valence-electron chi connectivity index (χ0n) is 23.4. The molecule has 4 N–H and O–H groups in total. The first-order valence-corrected chi connectivity index (χ1v) is 13.0. The number of rotatable bonds is 11. The molecule has 39 heavy (non-hydrogen) atoms. The van der Waals surface area contributed by atoms with E-state index in [4.69, 9.17) is 25.4 Å². The molecule has 9 heteroatoms. The normalized spacial score (nSPS) is 15.2. The van der Waals surface area contributed by atoms with E-state index >= 15 is 0 Å². The Balaban J connectivity index is 1.71. The average Bonchev–Trinajstić information content (AvgIpc) is 3.24. The first-order chi connectivity index (χ1) is 17.9. The van der Waals surface area contributed by atoms with Crippen LogP contribution in [-0.2, 0) is 16.0 Å². The number of hydrogen-bond donors (Lipinski definition) is 2. The van der Waals surface area contributed by atoms with E-state index in [9.17, 15) is 18.0 Å². The third kappa shape index (κ3) is 7.33. The van der Waals surface area contributed by atoms with Crippen molar-refractivity contribution in [3.05, 3.63) is 54.1 Å². The average molecular weight is 549 g/mol. The number of aryl methyl sites for hydroxylation is 1. The molecular weight excluding hydrogens is 509 g/mol. The van der Waals surface area contributed by atoms with E-state index in [0.29, 0.717) is 11.3 Å². The van der Waals surface area contributed by atoms with Gasteiger partial charge in [0.1, 0.15) is 36.2 Å². The lowest BCUT2D eigenvalue weighted by atomic mass is 9.68. The second-order valence-corrected chi connectivity index (χ2v) is 11.7. The number of nitrogens with two attached hydrogens (primary N) is 2. The molecule has 0 radical (unpaired) electrons. The van der Waals surface area contributed by atoms with Crippen molar-refractivity contribution in [1.29, 1.82) is 0 Å². The summed E-state index contributed by atoms with van der Waals surface area (Å²) in [5.41, 5.74) is 12.0. The minimum absolute atomic E-state index is 0.216. The summed E-state index contributed by atoms with van der Waals surface area (Å²) in [6.45, 7) is 8.70. The van der Waals surface area contributed by atoms with Crippen LogP contribution in [0.1, 0.15) is 53.5 Å². The van der Waals surface area contributed by atoms with Crippen LogP contribution in [0.15, 0.2) is 52.9 Å². The number of alkyl halides is 3. The molecule has 0 aliphatic rings. The first kappa shape index (κ1) is 30.5. The zero-order chi connectivity index (χ0) is 29.2. The van der Waals surface area contributed by atoms with Gasteiger partial charge in [-0.05, 0) is 71.2 Å². The van der Waals surface area contributed by atoms with Crippen LogP contribution in [0.4, 0.5) is 13.2 Å². The Labute approximate surface area is 227 Å². The second-order valence-electron chi connectivity index (χ2n) is 11.7. The van der Waals surface area contributed by atoms with Crippen LogP contribution >= 0.6 is 0 Å². The van der Waals surface area contributed by atoms with Crippen molar-refractivity contribution >= 4 is 16.9 Å². The third-order valence-corrected chi connectivity index (χ3v) is 7.25. The number of carbonyl (C=O) groups excluding carboxylic acids is 1.